The van der Waals surface area contributed by atoms with Crippen molar-refractivity contribution in [2.45, 2.75) is 5.16 Å². The number of carbonyl (C=O) groups is 1. The molecule has 0 unspecified atom stereocenters. The summed E-state index contributed by atoms with van der Waals surface area (Å²) in [6, 6.07) is 25.3. The van der Waals surface area contributed by atoms with Crippen molar-refractivity contribution in [3.05, 3.63) is 90.5 Å². The number of anilines is 1. The van der Waals surface area contributed by atoms with E-state index in [1.165, 1.54) is 11.8 Å². The molecule has 0 aliphatic carbocycles. The third-order valence-electron chi connectivity index (χ3n) is 5.37. The maximum absolute atomic E-state index is 13.3. The predicted molar refractivity (Wildman–Crippen MR) is 138 cm³/mol. The van der Waals surface area contributed by atoms with Crippen LogP contribution in [0.5, 0.6) is 11.5 Å². The first-order valence-corrected chi connectivity index (χ1v) is 12.3. The number of hydrogen-bond acceptors (Lipinski definition) is 6. The number of nitrogens with zero attached hydrogens (tertiary/aromatic N) is 3. The van der Waals surface area contributed by atoms with Crippen LogP contribution in [-0.4, -0.2) is 46.6 Å². The molecule has 2 heterocycles. The first-order valence-electron chi connectivity index (χ1n) is 11.3. The fourth-order valence-electron chi connectivity index (χ4n) is 3.65. The minimum Gasteiger partial charge on any atom is -0.486 e. The lowest BCUT2D eigenvalue weighted by Gasteiger charge is -2.24. The van der Waals surface area contributed by atoms with Gasteiger partial charge in [-0.15, -0.1) is 5.10 Å². The van der Waals surface area contributed by atoms with Gasteiger partial charge < -0.3 is 14.4 Å². The van der Waals surface area contributed by atoms with Crippen LogP contribution in [0.2, 0.25) is 0 Å². The Morgan fingerprint density at radius 1 is 0.971 bits per heavy atom. The van der Waals surface area contributed by atoms with Gasteiger partial charge in [-0.2, -0.15) is 0 Å². The van der Waals surface area contributed by atoms with Gasteiger partial charge in [0.2, 0.25) is 11.1 Å². The van der Waals surface area contributed by atoms with Crippen molar-refractivity contribution in [1.29, 1.82) is 0 Å². The average molecular weight is 485 g/mol. The highest BCUT2D eigenvalue weighted by Crippen LogP contribution is 2.34. The fraction of sp³-hybridized carbons (Fsp3) is 0.148. The molecule has 4 aromatic rings. The maximum Gasteiger partial charge on any atom is 0.237 e. The second-order valence-electron chi connectivity index (χ2n) is 7.77. The first-order chi connectivity index (χ1) is 17.3. The molecule has 5 rings (SSSR count). The molecule has 0 saturated carbocycles. The number of aromatic amines is 1. The molecule has 35 heavy (non-hydrogen) atoms. The highest BCUT2D eigenvalue weighted by molar-refractivity contribution is 7.99. The zero-order chi connectivity index (χ0) is 23.9. The minimum absolute atomic E-state index is 0.0598. The summed E-state index contributed by atoms with van der Waals surface area (Å²) < 4.78 is 11.4. The van der Waals surface area contributed by atoms with Crippen molar-refractivity contribution in [2.24, 2.45) is 0 Å². The number of hydrogen-bond donors (Lipinski definition) is 1. The molecule has 0 radical (unpaired) electrons. The summed E-state index contributed by atoms with van der Waals surface area (Å²) in [7, 11) is 0. The Bertz CT molecular complexity index is 1310. The number of ether oxygens (including phenoxy) is 2. The van der Waals surface area contributed by atoms with Crippen LogP contribution in [0, 0.1) is 0 Å². The van der Waals surface area contributed by atoms with E-state index in [9.17, 15) is 4.79 Å². The molecule has 7 nitrogen and oxygen atoms in total. The van der Waals surface area contributed by atoms with Gasteiger partial charge in [0, 0.05) is 23.9 Å². The molecule has 1 aliphatic rings. The molecule has 176 valence electrons. The van der Waals surface area contributed by atoms with Crippen molar-refractivity contribution in [1.82, 2.24) is 15.2 Å². The lowest BCUT2D eigenvalue weighted by molar-refractivity contribution is -0.116. The van der Waals surface area contributed by atoms with Gasteiger partial charge in [-0.25, -0.2) is 4.98 Å². The molecular formula is C27H24N4O3S. The monoisotopic (exact) mass is 484 g/mol. The summed E-state index contributed by atoms with van der Waals surface area (Å²) in [5, 5.41) is 7.73. The molecule has 1 amide bonds. The molecule has 0 fully saturated rings. The maximum atomic E-state index is 13.3. The highest BCUT2D eigenvalue weighted by Gasteiger charge is 2.20. The SMILES string of the molecule is O=C(CSc1n[nH]c(-c2ccccc2)n1)N(C/C=C/c1ccccc1)c1ccc2c(c1)OCCO2. The van der Waals surface area contributed by atoms with Crippen LogP contribution < -0.4 is 14.4 Å². The number of thioether (sulfide) groups is 1. The number of amides is 1. The van der Waals surface area contributed by atoms with E-state index in [-0.39, 0.29) is 11.7 Å². The van der Waals surface area contributed by atoms with Gasteiger partial charge in [-0.3, -0.25) is 9.89 Å². The lowest BCUT2D eigenvalue weighted by Crippen LogP contribution is -2.32. The molecular weight excluding hydrogens is 460 g/mol. The summed E-state index contributed by atoms with van der Waals surface area (Å²) in [5.41, 5.74) is 2.77. The molecule has 8 heteroatoms. The zero-order valence-electron chi connectivity index (χ0n) is 19.0. The van der Waals surface area contributed by atoms with E-state index in [1.807, 2.05) is 91.0 Å². The topological polar surface area (TPSA) is 80.3 Å². The molecule has 0 spiro atoms. The summed E-state index contributed by atoms with van der Waals surface area (Å²) in [5.74, 6) is 2.15. The van der Waals surface area contributed by atoms with Gasteiger partial charge >= 0.3 is 0 Å². The number of rotatable bonds is 8. The van der Waals surface area contributed by atoms with Crippen molar-refractivity contribution in [2.75, 3.05) is 30.4 Å². The van der Waals surface area contributed by atoms with E-state index >= 15 is 0 Å². The van der Waals surface area contributed by atoms with Crippen LogP contribution in [0.4, 0.5) is 5.69 Å². The summed E-state index contributed by atoms with van der Waals surface area (Å²) in [6.45, 7) is 1.42. The number of benzene rings is 3. The van der Waals surface area contributed by atoms with Crippen molar-refractivity contribution >= 4 is 29.4 Å². The molecule has 3 aromatic carbocycles. The molecule has 1 aromatic heterocycles. The van der Waals surface area contributed by atoms with Crippen molar-refractivity contribution in [3.8, 4) is 22.9 Å². The molecule has 1 aliphatic heterocycles. The van der Waals surface area contributed by atoms with Crippen LogP contribution in [0.15, 0.2) is 90.1 Å². The standard InChI is InChI=1S/C27H24N4O3S/c32-25(19-35-27-28-26(29-30-27)21-11-5-2-6-12-21)31(15-7-10-20-8-3-1-4-9-20)22-13-14-23-24(18-22)34-17-16-33-23/h1-14,18H,15-17,19H2,(H,28,29,30)/b10-7+. The Hall–Kier alpha value is -4.04. The second kappa shape index (κ2) is 10.9. The Labute approximate surface area is 207 Å². The van der Waals surface area contributed by atoms with E-state index in [1.54, 1.807) is 4.90 Å². The normalized spacial score (nSPS) is 12.6. The second-order valence-corrected chi connectivity index (χ2v) is 8.71. The third-order valence-corrected chi connectivity index (χ3v) is 6.21. The highest BCUT2D eigenvalue weighted by atomic mass is 32.2. The van der Waals surface area contributed by atoms with Crippen LogP contribution in [0.25, 0.3) is 17.5 Å². The van der Waals surface area contributed by atoms with Gasteiger partial charge in [0.1, 0.15) is 13.2 Å². The van der Waals surface area contributed by atoms with Crippen LogP contribution in [0.3, 0.4) is 0 Å². The van der Waals surface area contributed by atoms with E-state index in [0.29, 0.717) is 42.2 Å². The van der Waals surface area contributed by atoms with Crippen molar-refractivity contribution < 1.29 is 14.3 Å². The largest absolute Gasteiger partial charge is 0.486 e. The quantitative estimate of drug-likeness (QED) is 0.351. The number of fused-ring (bicyclic) bond motifs is 1. The Kier molecular flexibility index (Phi) is 7.10. The van der Waals surface area contributed by atoms with Crippen LogP contribution in [0.1, 0.15) is 5.56 Å². The number of nitrogens with one attached hydrogen (secondary N) is 1. The number of aromatic nitrogens is 3. The number of H-pyrrole nitrogens is 1. The van der Waals surface area contributed by atoms with E-state index in [0.717, 1.165) is 16.8 Å². The van der Waals surface area contributed by atoms with Gasteiger partial charge in [0.15, 0.2) is 17.3 Å². The van der Waals surface area contributed by atoms with Gasteiger partial charge in [0.25, 0.3) is 0 Å². The van der Waals surface area contributed by atoms with Gasteiger partial charge in [-0.1, -0.05) is 84.6 Å². The average Bonchev–Trinajstić information content (AvgIpc) is 3.40. The molecule has 0 atom stereocenters. The minimum atomic E-state index is -0.0598. The first kappa shape index (κ1) is 22.7. The van der Waals surface area contributed by atoms with E-state index in [2.05, 4.69) is 15.2 Å². The van der Waals surface area contributed by atoms with Crippen molar-refractivity contribution in [3.63, 3.8) is 0 Å². The van der Waals surface area contributed by atoms with E-state index < -0.39 is 0 Å². The Morgan fingerprint density at radius 2 is 1.71 bits per heavy atom. The molecule has 0 bridgehead atoms. The Balaban J connectivity index is 1.31. The van der Waals surface area contributed by atoms with Crippen LogP contribution in [-0.2, 0) is 4.79 Å². The van der Waals surface area contributed by atoms with E-state index in [4.69, 9.17) is 9.47 Å². The molecule has 1 N–H and O–H groups in total. The van der Waals surface area contributed by atoms with Crippen LogP contribution >= 0.6 is 11.8 Å². The predicted octanol–water partition coefficient (Wildman–Crippen LogP) is 5.08. The smallest absolute Gasteiger partial charge is 0.237 e. The summed E-state index contributed by atoms with van der Waals surface area (Å²) in [6.07, 6.45) is 3.99. The molecule has 0 saturated heterocycles. The number of carbonyl (C=O) groups excluding carboxylic acids is 1. The zero-order valence-corrected chi connectivity index (χ0v) is 19.8. The third kappa shape index (κ3) is 5.73. The summed E-state index contributed by atoms with van der Waals surface area (Å²) in [4.78, 5) is 19.6. The fourth-order valence-corrected chi connectivity index (χ4v) is 4.32. The van der Waals surface area contributed by atoms with Gasteiger partial charge in [0.05, 0.1) is 5.75 Å². The summed E-state index contributed by atoms with van der Waals surface area (Å²) >= 11 is 1.30. The van der Waals surface area contributed by atoms with Gasteiger partial charge in [-0.05, 0) is 17.7 Å². The Morgan fingerprint density at radius 3 is 2.51 bits per heavy atom. The lowest BCUT2D eigenvalue weighted by atomic mass is 10.2.